The number of anilines is 6. The van der Waals surface area contributed by atoms with Gasteiger partial charge in [-0.3, -0.25) is 4.90 Å². The van der Waals surface area contributed by atoms with Gasteiger partial charge in [-0.1, -0.05) is 204 Å². The summed E-state index contributed by atoms with van der Waals surface area (Å²) in [6.07, 6.45) is 16.6. The van der Waals surface area contributed by atoms with Gasteiger partial charge in [-0.15, -0.1) is 0 Å². The van der Waals surface area contributed by atoms with Crippen LogP contribution in [0.15, 0.2) is 246 Å². The number of nitrogens with zero attached hydrogens (tertiary/aromatic N) is 10. The zero-order chi connectivity index (χ0) is 77.1. The smallest absolute Gasteiger partial charge is 0.227 e. The molecule has 0 amide bonds. The van der Waals surface area contributed by atoms with E-state index in [0.29, 0.717) is 29.7 Å². The molecule has 9 aromatic carbocycles. The average molecular weight is 1620 g/mol. The van der Waals surface area contributed by atoms with E-state index in [0.717, 1.165) is 164 Å². The van der Waals surface area contributed by atoms with Gasteiger partial charge in [0.05, 0.1) is 23.7 Å². The predicted molar refractivity (Wildman–Crippen MR) is 464 cm³/mol. The highest BCUT2D eigenvalue weighted by Gasteiger charge is 2.31. The second-order valence-electron chi connectivity index (χ2n) is 30.1. The fraction of sp³-hybridized carbons (Fsp3) is 0.305. The average Bonchev–Trinajstić information content (AvgIpc) is 0.771. The number of methoxy groups -OCH3 is 1. The molecule has 3 aromatic heterocycles. The molecule has 574 valence electrons. The molecule has 16 rings (SSSR count). The molecule has 14 nitrogen and oxygen atoms in total. The van der Waals surface area contributed by atoms with Crippen molar-refractivity contribution in [1.29, 1.82) is 0 Å². The molecule has 3 aliphatic carbocycles. The topological polar surface area (TPSA) is 136 Å². The van der Waals surface area contributed by atoms with Crippen LogP contribution in [0.3, 0.4) is 0 Å². The molecule has 4 heterocycles. The van der Waals surface area contributed by atoms with Crippen LogP contribution in [0.25, 0.3) is 33.8 Å². The second kappa shape index (κ2) is 38.7. The lowest BCUT2D eigenvalue weighted by Gasteiger charge is -2.34. The van der Waals surface area contributed by atoms with Crippen molar-refractivity contribution >= 4 is 66.8 Å². The standard InChI is InChI=1S/C33H36BrN5O.C31H33BrN4.C31H33FN4/c1-40-21-20-39-18-16-38(17-19-39)15-14-24-6-12-28(13-7-24)36-33-35-23-26-22-31(25-8-10-27(34)11-9-25)29-4-2-3-5-30(29)32(26)37-33;2*1-3-4-18-36(2)19-17-22-9-15-26(16-10-22)34-31-33-21-24-20-29(23-11-13-25(32)14-12-23)27-7-5-6-8-28(27)30(24)35-31/h2-13,23,31H,14-22H2,1H3,(H,35,36,37);2*5-16,21,29H,3-4,17-20H2,1-2H3,(H,33,34,35)/t31-;2*29-/m000/s1. The second-order valence-corrected chi connectivity index (χ2v) is 31.9. The summed E-state index contributed by atoms with van der Waals surface area (Å²) in [5, 5.41) is 10.2. The Hall–Kier alpha value is -9.69. The molecule has 0 radical (unpaired) electrons. The Bertz CT molecular complexity index is 4820. The first kappa shape index (κ1) is 79.0. The molecule has 12 aromatic rings. The number of rotatable bonds is 27. The summed E-state index contributed by atoms with van der Waals surface area (Å²) in [6, 6.07) is 75.7. The Morgan fingerprint density at radius 2 is 0.741 bits per heavy atom. The Kier molecular flexibility index (Phi) is 27.3. The number of hydrogen-bond donors (Lipinski definition) is 3. The van der Waals surface area contributed by atoms with Crippen molar-refractivity contribution in [1.82, 2.24) is 49.5 Å². The third kappa shape index (κ3) is 20.6. The lowest BCUT2D eigenvalue weighted by atomic mass is 9.78. The minimum atomic E-state index is -0.213. The van der Waals surface area contributed by atoms with E-state index in [2.05, 4.69) is 293 Å². The van der Waals surface area contributed by atoms with Crippen molar-refractivity contribution in [2.75, 3.05) is 109 Å². The normalized spacial score (nSPS) is 15.4. The summed E-state index contributed by atoms with van der Waals surface area (Å²) in [5.74, 6) is 2.41. The molecule has 3 N–H and O–H groups in total. The van der Waals surface area contributed by atoms with Gasteiger partial charge in [0.2, 0.25) is 17.8 Å². The highest BCUT2D eigenvalue weighted by atomic mass is 79.9. The van der Waals surface area contributed by atoms with E-state index in [1.807, 2.05) is 36.8 Å². The molecule has 3 atom stereocenters. The Labute approximate surface area is 678 Å². The number of halogens is 3. The molecule has 0 unspecified atom stereocenters. The van der Waals surface area contributed by atoms with Gasteiger partial charge in [-0.2, -0.15) is 0 Å². The van der Waals surface area contributed by atoms with Crippen LogP contribution in [0.2, 0.25) is 0 Å². The SMILES string of the molecule is CCCCN(C)CCc1ccc(Nc2ncc3c(n2)-c2ccccc2[C@H](c2ccc(Br)cc2)C3)cc1.CCCCN(C)CCc1ccc(Nc2ncc3c(n2)-c2ccccc2[C@H](c2ccc(F)cc2)C3)cc1.COCCN1CCN(CCc2ccc(Nc3ncc4c(n3)-c3ccccc3[C@H](c3ccc(Br)cc3)C4)cc2)CC1. The van der Waals surface area contributed by atoms with Crippen molar-refractivity contribution in [3.63, 3.8) is 0 Å². The maximum absolute atomic E-state index is 13.5. The van der Waals surface area contributed by atoms with Crippen LogP contribution in [-0.2, 0) is 43.3 Å². The van der Waals surface area contributed by atoms with Gasteiger partial charge < -0.3 is 35.4 Å². The molecule has 0 saturated carbocycles. The van der Waals surface area contributed by atoms with E-state index in [9.17, 15) is 4.39 Å². The Morgan fingerprint density at radius 3 is 1.09 bits per heavy atom. The van der Waals surface area contributed by atoms with Crippen LogP contribution < -0.4 is 16.0 Å². The number of likely N-dealkylation sites (N-methyl/N-ethyl adjacent to an activating group) is 2. The number of ether oxygens (including phenoxy) is 1. The lowest BCUT2D eigenvalue weighted by Crippen LogP contribution is -2.47. The van der Waals surface area contributed by atoms with Gasteiger partial charge >= 0.3 is 0 Å². The van der Waals surface area contributed by atoms with Crippen molar-refractivity contribution < 1.29 is 9.13 Å². The molecule has 1 fully saturated rings. The minimum Gasteiger partial charge on any atom is -0.383 e. The molecule has 1 saturated heterocycles. The number of fused-ring (bicyclic) bond motifs is 9. The number of piperazine rings is 1. The summed E-state index contributed by atoms with van der Waals surface area (Å²) >= 11 is 7.12. The fourth-order valence-electron chi connectivity index (χ4n) is 15.7. The van der Waals surface area contributed by atoms with Gasteiger partial charge in [-0.25, -0.2) is 34.3 Å². The summed E-state index contributed by atoms with van der Waals surface area (Å²) in [4.78, 5) is 38.7. The maximum Gasteiger partial charge on any atom is 0.227 e. The quantitative estimate of drug-likeness (QED) is 0.0451. The van der Waals surface area contributed by atoms with E-state index in [4.69, 9.17) is 24.7 Å². The third-order valence-corrected chi connectivity index (χ3v) is 23.3. The van der Waals surface area contributed by atoms with Crippen LogP contribution in [0, 0.1) is 5.82 Å². The van der Waals surface area contributed by atoms with Crippen LogP contribution in [0.1, 0.15) is 124 Å². The van der Waals surface area contributed by atoms with Crippen molar-refractivity contribution in [3.05, 3.63) is 319 Å². The highest BCUT2D eigenvalue weighted by molar-refractivity contribution is 9.10. The largest absolute Gasteiger partial charge is 0.383 e. The van der Waals surface area contributed by atoms with E-state index in [-0.39, 0.29) is 11.7 Å². The molecule has 1 aliphatic heterocycles. The third-order valence-electron chi connectivity index (χ3n) is 22.2. The van der Waals surface area contributed by atoms with Gasteiger partial charge in [0, 0.05) is 139 Å². The summed E-state index contributed by atoms with van der Waals surface area (Å²) in [7, 11) is 6.17. The maximum atomic E-state index is 13.5. The first-order valence-corrected chi connectivity index (χ1v) is 41.5. The van der Waals surface area contributed by atoms with Gasteiger partial charge in [0.15, 0.2) is 0 Å². The first-order chi connectivity index (χ1) is 54.9. The predicted octanol–water partition coefficient (Wildman–Crippen LogP) is 20.7. The van der Waals surface area contributed by atoms with E-state index in [1.54, 1.807) is 7.11 Å². The molecule has 112 heavy (non-hydrogen) atoms. The molecular formula is C95H102Br2FN13O. The van der Waals surface area contributed by atoms with Crippen LogP contribution in [0.5, 0.6) is 0 Å². The monoisotopic (exact) mass is 1620 g/mol. The molecular weight excluding hydrogens is 1520 g/mol. The van der Waals surface area contributed by atoms with Crippen LogP contribution >= 0.6 is 31.9 Å². The van der Waals surface area contributed by atoms with Gasteiger partial charge in [0.1, 0.15) is 5.82 Å². The minimum absolute atomic E-state index is 0.158. The molecule has 0 spiro atoms. The number of hydrogen-bond acceptors (Lipinski definition) is 14. The highest BCUT2D eigenvalue weighted by Crippen LogP contribution is 2.46. The number of aromatic nitrogens is 6. The first-order valence-electron chi connectivity index (χ1n) is 39.9. The fourth-order valence-corrected chi connectivity index (χ4v) is 16.2. The summed E-state index contributed by atoms with van der Waals surface area (Å²) < 4.78 is 20.9. The van der Waals surface area contributed by atoms with Gasteiger partial charge in [-0.05, 0) is 218 Å². The van der Waals surface area contributed by atoms with Crippen molar-refractivity contribution in [2.45, 2.75) is 95.8 Å². The molecule has 0 bridgehead atoms. The summed E-state index contributed by atoms with van der Waals surface area (Å²) in [6.45, 7) is 16.4. The van der Waals surface area contributed by atoms with Crippen molar-refractivity contribution in [3.8, 4) is 33.8 Å². The van der Waals surface area contributed by atoms with E-state index in [1.165, 1.54) is 111 Å². The number of benzene rings is 9. The lowest BCUT2D eigenvalue weighted by molar-refractivity contribution is 0.0976. The van der Waals surface area contributed by atoms with E-state index >= 15 is 0 Å². The van der Waals surface area contributed by atoms with Crippen LogP contribution in [0.4, 0.5) is 39.3 Å². The van der Waals surface area contributed by atoms with Crippen LogP contribution in [-0.4, -0.2) is 143 Å². The summed E-state index contributed by atoms with van der Waals surface area (Å²) in [5.41, 5.74) is 24.6. The van der Waals surface area contributed by atoms with Gasteiger partial charge in [0.25, 0.3) is 0 Å². The molecule has 4 aliphatic rings. The van der Waals surface area contributed by atoms with Crippen molar-refractivity contribution in [2.24, 2.45) is 0 Å². The molecule has 17 heteroatoms. The zero-order valence-corrected chi connectivity index (χ0v) is 68.3. The number of unbranched alkanes of at least 4 members (excludes halogenated alkanes) is 2. The Morgan fingerprint density at radius 1 is 0.411 bits per heavy atom. The Balaban J connectivity index is 0.000000140. The van der Waals surface area contributed by atoms with E-state index < -0.39 is 0 Å². The zero-order valence-electron chi connectivity index (χ0n) is 65.1. The number of nitrogens with one attached hydrogen (secondary N) is 3.